The quantitative estimate of drug-likeness (QED) is 0.787. The molecule has 0 heterocycles. The minimum atomic E-state index is -3.72. The van der Waals surface area contributed by atoms with Gasteiger partial charge in [-0.15, -0.1) is 0 Å². The summed E-state index contributed by atoms with van der Waals surface area (Å²) in [6.07, 6.45) is 0. The van der Waals surface area contributed by atoms with E-state index in [1.807, 2.05) is 0 Å². The van der Waals surface area contributed by atoms with Gasteiger partial charge in [0, 0.05) is 20.7 Å². The van der Waals surface area contributed by atoms with Gasteiger partial charge in [0.1, 0.15) is 5.82 Å². The Morgan fingerprint density at radius 2 is 2.07 bits per heavy atom. The molecule has 0 bridgehead atoms. The normalized spacial score (nSPS) is 11.7. The van der Waals surface area contributed by atoms with E-state index >= 15 is 0 Å². The van der Waals surface area contributed by atoms with Crippen LogP contribution in [0.1, 0.15) is 11.1 Å². The standard InChI is InChI=1S/C8H7BrClFO2S/c1-5-2-7(9)3-6(8(5)11)4-14(10,12)13/h2-3H,4H2,1H3. The monoisotopic (exact) mass is 300 g/mol. The SMILES string of the molecule is Cc1cc(Br)cc(CS(=O)(=O)Cl)c1F. The molecule has 6 heteroatoms. The molecule has 1 aromatic carbocycles. The molecule has 0 radical (unpaired) electrons. The van der Waals surface area contributed by atoms with Crippen LogP contribution in [0.4, 0.5) is 4.39 Å². The van der Waals surface area contributed by atoms with Gasteiger partial charge >= 0.3 is 0 Å². The fraction of sp³-hybridized carbons (Fsp3) is 0.250. The van der Waals surface area contributed by atoms with E-state index < -0.39 is 20.6 Å². The van der Waals surface area contributed by atoms with Gasteiger partial charge in [-0.2, -0.15) is 0 Å². The van der Waals surface area contributed by atoms with Gasteiger partial charge in [-0.1, -0.05) is 15.9 Å². The maximum Gasteiger partial charge on any atom is 0.236 e. The molecule has 0 saturated carbocycles. The maximum absolute atomic E-state index is 13.4. The Kier molecular flexibility index (Phi) is 3.55. The van der Waals surface area contributed by atoms with Gasteiger partial charge in [0.2, 0.25) is 9.05 Å². The molecule has 0 atom stereocenters. The van der Waals surface area contributed by atoms with Gasteiger partial charge in [-0.25, -0.2) is 12.8 Å². The molecule has 1 rings (SSSR count). The Labute approximate surface area is 94.6 Å². The van der Waals surface area contributed by atoms with Crippen molar-refractivity contribution in [2.45, 2.75) is 12.7 Å². The van der Waals surface area contributed by atoms with E-state index in [0.717, 1.165) is 0 Å². The van der Waals surface area contributed by atoms with Crippen molar-refractivity contribution in [1.29, 1.82) is 0 Å². The third-order valence-electron chi connectivity index (χ3n) is 1.62. The van der Waals surface area contributed by atoms with Gasteiger partial charge in [0.05, 0.1) is 5.75 Å². The van der Waals surface area contributed by atoms with Gasteiger partial charge < -0.3 is 0 Å². The van der Waals surface area contributed by atoms with Gasteiger partial charge in [0.15, 0.2) is 0 Å². The Bertz CT molecular complexity index is 459. The molecule has 0 aliphatic carbocycles. The maximum atomic E-state index is 13.4. The summed E-state index contributed by atoms with van der Waals surface area (Å²) in [5.74, 6) is -1.03. The summed E-state index contributed by atoms with van der Waals surface area (Å²) < 4.78 is 35.5. The van der Waals surface area contributed by atoms with E-state index in [1.165, 1.54) is 6.07 Å². The fourth-order valence-corrected chi connectivity index (χ4v) is 2.64. The van der Waals surface area contributed by atoms with Crippen LogP contribution in [0.2, 0.25) is 0 Å². The summed E-state index contributed by atoms with van der Waals surface area (Å²) in [6, 6.07) is 2.97. The Morgan fingerprint density at radius 3 is 2.57 bits per heavy atom. The average Bonchev–Trinajstić information content (AvgIpc) is 1.96. The van der Waals surface area contributed by atoms with E-state index in [4.69, 9.17) is 10.7 Å². The predicted molar refractivity (Wildman–Crippen MR) is 57.3 cm³/mol. The number of halogens is 3. The van der Waals surface area contributed by atoms with E-state index in [2.05, 4.69) is 15.9 Å². The van der Waals surface area contributed by atoms with Crippen molar-refractivity contribution < 1.29 is 12.8 Å². The summed E-state index contributed by atoms with van der Waals surface area (Å²) >= 11 is 3.15. The first-order chi connectivity index (χ1) is 6.29. The highest BCUT2D eigenvalue weighted by atomic mass is 79.9. The molecule has 14 heavy (non-hydrogen) atoms. The highest BCUT2D eigenvalue weighted by molar-refractivity contribution is 9.10. The number of benzene rings is 1. The molecule has 0 aliphatic rings. The summed E-state index contributed by atoms with van der Waals surface area (Å²) in [4.78, 5) is 0. The van der Waals surface area contributed by atoms with E-state index in [1.54, 1.807) is 13.0 Å². The van der Waals surface area contributed by atoms with Crippen LogP contribution in [0.25, 0.3) is 0 Å². The largest absolute Gasteiger partial charge is 0.236 e. The van der Waals surface area contributed by atoms with Crippen LogP contribution in [0, 0.1) is 12.7 Å². The number of hydrogen-bond acceptors (Lipinski definition) is 2. The fourth-order valence-electron chi connectivity index (χ4n) is 1.09. The Hall–Kier alpha value is -0.130. The molecule has 2 nitrogen and oxygen atoms in total. The lowest BCUT2D eigenvalue weighted by atomic mass is 10.1. The Morgan fingerprint density at radius 1 is 1.50 bits per heavy atom. The molecule has 0 amide bonds. The molecule has 0 aromatic heterocycles. The minimum Gasteiger partial charge on any atom is -0.212 e. The lowest BCUT2D eigenvalue weighted by Gasteiger charge is -2.04. The van der Waals surface area contributed by atoms with Crippen LogP contribution >= 0.6 is 26.6 Å². The topological polar surface area (TPSA) is 34.1 Å². The summed E-state index contributed by atoms with van der Waals surface area (Å²) in [7, 11) is 1.31. The van der Waals surface area contributed by atoms with Crippen molar-refractivity contribution in [2.24, 2.45) is 0 Å². The zero-order valence-corrected chi connectivity index (χ0v) is 10.4. The molecule has 0 unspecified atom stereocenters. The molecule has 0 saturated heterocycles. The summed E-state index contributed by atoms with van der Waals surface area (Å²) in [5.41, 5.74) is 0.460. The van der Waals surface area contributed by atoms with Crippen LogP contribution in [0.5, 0.6) is 0 Å². The molecule has 1 aromatic rings. The molecular formula is C8H7BrClFO2S. The predicted octanol–water partition coefficient (Wildman–Crippen LogP) is 2.97. The van der Waals surface area contributed by atoms with E-state index in [9.17, 15) is 12.8 Å². The van der Waals surface area contributed by atoms with Crippen LogP contribution in [-0.2, 0) is 14.8 Å². The lowest BCUT2D eigenvalue weighted by molar-refractivity contribution is 0.593. The van der Waals surface area contributed by atoms with Crippen LogP contribution in [0.3, 0.4) is 0 Å². The van der Waals surface area contributed by atoms with Gasteiger partial charge in [-0.3, -0.25) is 0 Å². The van der Waals surface area contributed by atoms with Crippen LogP contribution < -0.4 is 0 Å². The third-order valence-corrected chi connectivity index (χ3v) is 3.06. The van der Waals surface area contributed by atoms with Crippen LogP contribution in [-0.4, -0.2) is 8.42 Å². The highest BCUT2D eigenvalue weighted by Gasteiger charge is 2.13. The molecule has 0 fully saturated rings. The summed E-state index contributed by atoms with van der Waals surface area (Å²) in [6.45, 7) is 1.56. The second-order valence-electron chi connectivity index (χ2n) is 2.88. The highest BCUT2D eigenvalue weighted by Crippen LogP contribution is 2.22. The summed E-state index contributed by atoms with van der Waals surface area (Å²) in [5, 5.41) is 0. The molecule has 78 valence electrons. The smallest absolute Gasteiger partial charge is 0.212 e. The van der Waals surface area contributed by atoms with Crippen LogP contribution in [0.15, 0.2) is 16.6 Å². The number of hydrogen-bond donors (Lipinski definition) is 0. The van der Waals surface area contributed by atoms with Gasteiger partial charge in [0.25, 0.3) is 0 Å². The first-order valence-corrected chi connectivity index (χ1v) is 6.93. The number of aryl methyl sites for hydroxylation is 1. The number of rotatable bonds is 2. The molecule has 0 spiro atoms. The first-order valence-electron chi connectivity index (χ1n) is 3.66. The molecular weight excluding hydrogens is 295 g/mol. The molecule has 0 aliphatic heterocycles. The van der Waals surface area contributed by atoms with E-state index in [0.29, 0.717) is 10.0 Å². The van der Waals surface area contributed by atoms with Crippen molar-refractivity contribution in [2.75, 3.05) is 0 Å². The molecule has 0 N–H and O–H groups in total. The van der Waals surface area contributed by atoms with Gasteiger partial charge in [-0.05, 0) is 24.6 Å². The Balaban J connectivity index is 3.22. The third kappa shape index (κ3) is 3.22. The first kappa shape index (κ1) is 11.9. The zero-order chi connectivity index (χ0) is 10.9. The lowest BCUT2D eigenvalue weighted by Crippen LogP contribution is -2.00. The second kappa shape index (κ2) is 4.16. The second-order valence-corrected chi connectivity index (χ2v) is 6.57. The average molecular weight is 302 g/mol. The van der Waals surface area contributed by atoms with Crippen molar-refractivity contribution in [3.63, 3.8) is 0 Å². The zero-order valence-electron chi connectivity index (χ0n) is 7.22. The minimum absolute atomic E-state index is 0.0758. The van der Waals surface area contributed by atoms with E-state index in [-0.39, 0.29) is 5.56 Å². The van der Waals surface area contributed by atoms with Crippen molar-refractivity contribution in [3.8, 4) is 0 Å². The van der Waals surface area contributed by atoms with Crippen molar-refractivity contribution in [3.05, 3.63) is 33.5 Å². The van der Waals surface area contributed by atoms with Crippen molar-refractivity contribution >= 4 is 35.7 Å². The van der Waals surface area contributed by atoms with Crippen molar-refractivity contribution in [1.82, 2.24) is 0 Å².